The number of rotatable bonds is 6. The van der Waals surface area contributed by atoms with E-state index in [0.29, 0.717) is 10.9 Å². The number of hydrogen-bond donors (Lipinski definition) is 1. The number of fused-ring (bicyclic) bond motifs is 1. The molecule has 1 aliphatic carbocycles. The standard InChI is InChI=1S/C24H28N4O2S/c1-17-8-9-18(28-15-19(16-28)27(2)3)14-23(17)31(29,30)26-24(11-12-24)21-10-13-25-22-7-5-4-6-20(21)22/h4-10,13-14,19,26H,11-12,15-16H2,1-3H3. The van der Waals surface area contributed by atoms with E-state index < -0.39 is 15.6 Å². The molecule has 2 aromatic carbocycles. The predicted molar refractivity (Wildman–Crippen MR) is 124 cm³/mol. The molecule has 162 valence electrons. The van der Waals surface area contributed by atoms with Crippen LogP contribution in [0.15, 0.2) is 59.6 Å². The lowest BCUT2D eigenvalue weighted by molar-refractivity contribution is 0.247. The molecule has 7 heteroatoms. The van der Waals surface area contributed by atoms with Crippen LogP contribution in [0.5, 0.6) is 0 Å². The number of nitrogens with one attached hydrogen (secondary N) is 1. The minimum absolute atomic E-state index is 0.364. The summed E-state index contributed by atoms with van der Waals surface area (Å²) in [5, 5.41) is 1.01. The lowest BCUT2D eigenvalue weighted by Crippen LogP contribution is -2.57. The third kappa shape index (κ3) is 3.60. The number of likely N-dealkylation sites (N-methyl/N-ethyl adjacent to an activating group) is 1. The van der Waals surface area contributed by atoms with Crippen molar-refractivity contribution in [2.24, 2.45) is 0 Å². The number of aryl methyl sites for hydroxylation is 1. The molecular weight excluding hydrogens is 408 g/mol. The monoisotopic (exact) mass is 436 g/mol. The van der Waals surface area contributed by atoms with Gasteiger partial charge in [-0.1, -0.05) is 24.3 Å². The Hall–Kier alpha value is -2.48. The Labute approximate surface area is 183 Å². The average Bonchev–Trinajstić information content (AvgIpc) is 3.47. The molecule has 0 spiro atoms. The first-order valence-electron chi connectivity index (χ1n) is 10.7. The van der Waals surface area contributed by atoms with E-state index in [2.05, 4.69) is 33.6 Å². The lowest BCUT2D eigenvalue weighted by Gasteiger charge is -2.44. The van der Waals surface area contributed by atoms with Gasteiger partial charge in [-0.15, -0.1) is 0 Å². The Morgan fingerprint density at radius 3 is 2.55 bits per heavy atom. The molecule has 5 rings (SSSR count). The van der Waals surface area contributed by atoms with Crippen LogP contribution in [0, 0.1) is 6.92 Å². The molecule has 6 nitrogen and oxygen atoms in total. The summed E-state index contributed by atoms with van der Waals surface area (Å²) in [5.41, 5.74) is 3.06. The number of para-hydroxylation sites is 1. The van der Waals surface area contributed by atoms with Gasteiger partial charge in [0.2, 0.25) is 10.0 Å². The molecule has 1 saturated heterocycles. The molecule has 1 saturated carbocycles. The Kier molecular flexibility index (Phi) is 4.80. The lowest BCUT2D eigenvalue weighted by atomic mass is 10.0. The number of nitrogens with zero attached hydrogens (tertiary/aromatic N) is 3. The van der Waals surface area contributed by atoms with Gasteiger partial charge in [0, 0.05) is 36.4 Å². The normalized spacial score (nSPS) is 18.4. The van der Waals surface area contributed by atoms with Crippen molar-refractivity contribution in [3.8, 4) is 0 Å². The number of sulfonamides is 1. The zero-order valence-electron chi connectivity index (χ0n) is 18.2. The molecule has 1 N–H and O–H groups in total. The Morgan fingerprint density at radius 1 is 1.10 bits per heavy atom. The van der Waals surface area contributed by atoms with E-state index in [1.165, 1.54) is 0 Å². The van der Waals surface area contributed by atoms with Crippen molar-refractivity contribution in [3.05, 3.63) is 65.9 Å². The average molecular weight is 437 g/mol. The first-order chi connectivity index (χ1) is 14.8. The number of hydrogen-bond acceptors (Lipinski definition) is 5. The molecule has 0 atom stereocenters. The van der Waals surface area contributed by atoms with Crippen LogP contribution >= 0.6 is 0 Å². The van der Waals surface area contributed by atoms with E-state index in [-0.39, 0.29) is 0 Å². The molecule has 2 fully saturated rings. The largest absolute Gasteiger partial charge is 0.368 e. The van der Waals surface area contributed by atoms with E-state index in [0.717, 1.165) is 53.6 Å². The molecule has 1 aromatic heterocycles. The van der Waals surface area contributed by atoms with Gasteiger partial charge in [-0.3, -0.25) is 4.98 Å². The quantitative estimate of drug-likeness (QED) is 0.643. The van der Waals surface area contributed by atoms with Crippen molar-refractivity contribution in [2.75, 3.05) is 32.1 Å². The highest BCUT2D eigenvalue weighted by molar-refractivity contribution is 7.89. The van der Waals surface area contributed by atoms with Gasteiger partial charge in [-0.25, -0.2) is 13.1 Å². The second-order valence-corrected chi connectivity index (χ2v) is 10.7. The van der Waals surface area contributed by atoms with Gasteiger partial charge in [-0.2, -0.15) is 0 Å². The van der Waals surface area contributed by atoms with Crippen LogP contribution in [0.2, 0.25) is 0 Å². The molecule has 0 amide bonds. The maximum Gasteiger partial charge on any atom is 0.241 e. The topological polar surface area (TPSA) is 65.5 Å². The van der Waals surface area contributed by atoms with Gasteiger partial charge >= 0.3 is 0 Å². The van der Waals surface area contributed by atoms with E-state index >= 15 is 0 Å². The Balaban J connectivity index is 1.45. The van der Waals surface area contributed by atoms with Gasteiger partial charge in [-0.05, 0) is 69.3 Å². The number of anilines is 1. The fraction of sp³-hybridized carbons (Fsp3) is 0.375. The van der Waals surface area contributed by atoms with Gasteiger partial charge in [0.15, 0.2) is 0 Å². The van der Waals surface area contributed by atoms with Crippen molar-refractivity contribution in [1.82, 2.24) is 14.6 Å². The van der Waals surface area contributed by atoms with E-state index in [1.54, 1.807) is 6.20 Å². The molecule has 0 bridgehead atoms. The van der Waals surface area contributed by atoms with Gasteiger partial charge < -0.3 is 9.80 Å². The smallest absolute Gasteiger partial charge is 0.241 e. The molecular formula is C24H28N4O2S. The third-order valence-electron chi connectivity index (χ3n) is 6.66. The molecule has 3 aromatic rings. The zero-order valence-corrected chi connectivity index (χ0v) is 19.0. The fourth-order valence-corrected chi connectivity index (χ4v) is 6.15. The van der Waals surface area contributed by atoms with Gasteiger partial charge in [0.25, 0.3) is 0 Å². The van der Waals surface area contributed by atoms with Gasteiger partial charge in [0.1, 0.15) is 0 Å². The summed E-state index contributed by atoms with van der Waals surface area (Å²) in [6.07, 6.45) is 3.34. The Morgan fingerprint density at radius 2 is 1.84 bits per heavy atom. The van der Waals surface area contributed by atoms with Gasteiger partial charge in [0.05, 0.1) is 16.0 Å². The van der Waals surface area contributed by atoms with Crippen molar-refractivity contribution in [3.63, 3.8) is 0 Å². The minimum atomic E-state index is -3.68. The van der Waals surface area contributed by atoms with Crippen LogP contribution in [0.3, 0.4) is 0 Å². The summed E-state index contributed by atoms with van der Waals surface area (Å²) in [4.78, 5) is 9.23. The van der Waals surface area contributed by atoms with Crippen molar-refractivity contribution in [2.45, 2.75) is 36.2 Å². The van der Waals surface area contributed by atoms with Crippen LogP contribution in [0.1, 0.15) is 24.0 Å². The second-order valence-electron chi connectivity index (χ2n) is 9.04. The maximum atomic E-state index is 13.5. The minimum Gasteiger partial charge on any atom is -0.368 e. The van der Waals surface area contributed by atoms with Crippen molar-refractivity contribution in [1.29, 1.82) is 0 Å². The van der Waals surface area contributed by atoms with Crippen LogP contribution < -0.4 is 9.62 Å². The fourth-order valence-electron chi connectivity index (χ4n) is 4.44. The summed E-state index contributed by atoms with van der Waals surface area (Å²) in [6, 6.07) is 16.1. The van der Waals surface area contributed by atoms with E-state index in [9.17, 15) is 8.42 Å². The molecule has 2 aliphatic rings. The number of aromatic nitrogens is 1. The third-order valence-corrected chi connectivity index (χ3v) is 8.34. The van der Waals surface area contributed by atoms with Crippen molar-refractivity contribution < 1.29 is 8.42 Å². The first-order valence-corrected chi connectivity index (χ1v) is 12.2. The highest BCUT2D eigenvalue weighted by Crippen LogP contribution is 2.48. The van der Waals surface area contributed by atoms with Crippen molar-refractivity contribution >= 4 is 26.6 Å². The Bertz CT molecular complexity index is 1240. The highest BCUT2D eigenvalue weighted by atomic mass is 32.2. The SMILES string of the molecule is Cc1ccc(N2CC(N(C)C)C2)cc1S(=O)(=O)NC1(c2ccnc3ccccc23)CC1. The predicted octanol–water partition coefficient (Wildman–Crippen LogP) is 3.26. The molecule has 0 radical (unpaired) electrons. The van der Waals surface area contributed by atoms with E-state index in [4.69, 9.17) is 0 Å². The summed E-state index contributed by atoms with van der Waals surface area (Å²) < 4.78 is 30.1. The van der Waals surface area contributed by atoms with Crippen LogP contribution in [-0.2, 0) is 15.6 Å². The van der Waals surface area contributed by atoms with Crippen LogP contribution in [-0.4, -0.2) is 51.5 Å². The molecule has 1 aliphatic heterocycles. The summed E-state index contributed by atoms with van der Waals surface area (Å²) in [5.74, 6) is 0. The van der Waals surface area contributed by atoms with E-state index in [1.807, 2.05) is 55.5 Å². The van der Waals surface area contributed by atoms with Crippen LogP contribution in [0.25, 0.3) is 10.9 Å². The maximum absolute atomic E-state index is 13.5. The summed E-state index contributed by atoms with van der Waals surface area (Å²) >= 11 is 0. The molecule has 0 unspecified atom stereocenters. The number of benzene rings is 2. The molecule has 2 heterocycles. The zero-order chi connectivity index (χ0) is 21.8. The summed E-state index contributed by atoms with van der Waals surface area (Å²) in [7, 11) is 0.476. The second kappa shape index (κ2) is 7.29. The number of pyridine rings is 1. The summed E-state index contributed by atoms with van der Waals surface area (Å²) in [6.45, 7) is 3.68. The van der Waals surface area contributed by atoms with Crippen LogP contribution in [0.4, 0.5) is 5.69 Å². The first kappa shape index (κ1) is 20.4. The molecule has 31 heavy (non-hydrogen) atoms. The highest BCUT2D eigenvalue weighted by Gasteiger charge is 2.48.